The molecule has 0 saturated heterocycles. The van der Waals surface area contributed by atoms with Crippen molar-refractivity contribution in [3.05, 3.63) is 30.4 Å². The molecule has 0 aliphatic carbocycles. The van der Waals surface area contributed by atoms with Crippen LogP contribution < -0.4 is 15.8 Å². The standard InChI is InChI=1S/C14H22N2O/c1-4-5-6-9-16-12-7-8-13(15)14(10-12)17-11(2)3/h4-5,7-8,10-11,16H,6,9,15H2,1-3H3/b5-4+. The Bertz CT molecular complexity index is 372. The maximum atomic E-state index is 5.85. The predicted octanol–water partition coefficient (Wildman–Crippen LogP) is 3.43. The molecule has 17 heavy (non-hydrogen) atoms. The van der Waals surface area contributed by atoms with Crippen LogP contribution in [0.4, 0.5) is 11.4 Å². The van der Waals surface area contributed by atoms with Gasteiger partial charge in [-0.05, 0) is 39.3 Å². The number of hydrogen-bond acceptors (Lipinski definition) is 3. The van der Waals surface area contributed by atoms with Gasteiger partial charge in [0.1, 0.15) is 5.75 Å². The zero-order valence-corrected chi connectivity index (χ0v) is 10.9. The van der Waals surface area contributed by atoms with Crippen molar-refractivity contribution in [3.63, 3.8) is 0 Å². The second-order valence-corrected chi connectivity index (χ2v) is 4.20. The summed E-state index contributed by atoms with van der Waals surface area (Å²) in [5, 5.41) is 3.33. The summed E-state index contributed by atoms with van der Waals surface area (Å²) in [5.74, 6) is 0.746. The summed E-state index contributed by atoms with van der Waals surface area (Å²) in [6.45, 7) is 6.92. The molecule has 0 atom stereocenters. The van der Waals surface area contributed by atoms with E-state index in [1.807, 2.05) is 39.0 Å². The zero-order valence-electron chi connectivity index (χ0n) is 10.9. The van der Waals surface area contributed by atoms with Gasteiger partial charge < -0.3 is 15.8 Å². The Morgan fingerprint density at radius 2 is 2.18 bits per heavy atom. The molecule has 3 nitrogen and oxygen atoms in total. The van der Waals surface area contributed by atoms with Crippen LogP contribution in [0.25, 0.3) is 0 Å². The lowest BCUT2D eigenvalue weighted by atomic mass is 10.2. The minimum atomic E-state index is 0.135. The van der Waals surface area contributed by atoms with Crippen LogP contribution >= 0.6 is 0 Å². The first-order valence-electron chi connectivity index (χ1n) is 6.04. The third kappa shape index (κ3) is 4.81. The summed E-state index contributed by atoms with van der Waals surface area (Å²) in [7, 11) is 0. The molecule has 1 rings (SSSR count). The normalized spacial score (nSPS) is 11.1. The van der Waals surface area contributed by atoms with Crippen LogP contribution in [0.3, 0.4) is 0 Å². The molecule has 0 amide bonds. The maximum absolute atomic E-state index is 5.85. The number of ether oxygens (including phenoxy) is 1. The van der Waals surface area contributed by atoms with E-state index in [4.69, 9.17) is 10.5 Å². The molecule has 0 radical (unpaired) electrons. The molecule has 3 heteroatoms. The van der Waals surface area contributed by atoms with Crippen molar-refractivity contribution in [2.75, 3.05) is 17.6 Å². The van der Waals surface area contributed by atoms with E-state index in [1.165, 1.54) is 0 Å². The molecule has 0 bridgehead atoms. The van der Waals surface area contributed by atoms with Gasteiger partial charge in [-0.25, -0.2) is 0 Å². The van der Waals surface area contributed by atoms with Gasteiger partial charge in [0.2, 0.25) is 0 Å². The molecule has 1 aromatic rings. The highest BCUT2D eigenvalue weighted by molar-refractivity contribution is 5.61. The van der Waals surface area contributed by atoms with E-state index in [9.17, 15) is 0 Å². The van der Waals surface area contributed by atoms with Gasteiger partial charge in [0.25, 0.3) is 0 Å². The Labute approximate surface area is 104 Å². The second-order valence-electron chi connectivity index (χ2n) is 4.20. The van der Waals surface area contributed by atoms with Gasteiger partial charge >= 0.3 is 0 Å². The molecular weight excluding hydrogens is 212 g/mol. The Hall–Kier alpha value is -1.64. The van der Waals surface area contributed by atoms with Gasteiger partial charge in [-0.3, -0.25) is 0 Å². The third-order valence-electron chi connectivity index (χ3n) is 2.25. The molecule has 3 N–H and O–H groups in total. The van der Waals surface area contributed by atoms with E-state index in [0.717, 1.165) is 24.4 Å². The molecule has 0 aliphatic heterocycles. The van der Waals surface area contributed by atoms with Crippen LogP contribution in [0.5, 0.6) is 5.75 Å². The van der Waals surface area contributed by atoms with Crippen LogP contribution in [-0.4, -0.2) is 12.6 Å². The number of rotatable bonds is 6. The SMILES string of the molecule is C/C=C/CCNc1ccc(N)c(OC(C)C)c1. The van der Waals surface area contributed by atoms with Crippen molar-refractivity contribution in [2.45, 2.75) is 33.3 Å². The minimum Gasteiger partial charge on any atom is -0.489 e. The Morgan fingerprint density at radius 1 is 1.41 bits per heavy atom. The first kappa shape index (κ1) is 13.4. The second kappa shape index (κ2) is 6.84. The van der Waals surface area contributed by atoms with E-state index in [1.54, 1.807) is 0 Å². The van der Waals surface area contributed by atoms with Gasteiger partial charge in [0, 0.05) is 18.3 Å². The number of nitrogens with two attached hydrogens (primary N) is 1. The van der Waals surface area contributed by atoms with E-state index in [-0.39, 0.29) is 6.10 Å². The Balaban J connectivity index is 2.61. The molecule has 94 valence electrons. The van der Waals surface area contributed by atoms with E-state index < -0.39 is 0 Å². The molecule has 0 heterocycles. The van der Waals surface area contributed by atoms with Crippen molar-refractivity contribution < 1.29 is 4.74 Å². The average Bonchev–Trinajstić information content (AvgIpc) is 2.28. The number of benzene rings is 1. The topological polar surface area (TPSA) is 47.3 Å². The quantitative estimate of drug-likeness (QED) is 0.450. The van der Waals surface area contributed by atoms with Gasteiger partial charge in [-0.2, -0.15) is 0 Å². The lowest BCUT2D eigenvalue weighted by Gasteiger charge is -2.14. The maximum Gasteiger partial charge on any atom is 0.144 e. The molecule has 0 aliphatic rings. The van der Waals surface area contributed by atoms with Crippen molar-refractivity contribution in [2.24, 2.45) is 0 Å². The van der Waals surface area contributed by atoms with E-state index in [2.05, 4.69) is 17.5 Å². The van der Waals surface area contributed by atoms with E-state index in [0.29, 0.717) is 5.69 Å². The number of nitrogens with one attached hydrogen (secondary N) is 1. The summed E-state index contributed by atoms with van der Waals surface area (Å²) in [4.78, 5) is 0. The first-order chi connectivity index (χ1) is 8.13. The monoisotopic (exact) mass is 234 g/mol. The molecule has 1 aromatic carbocycles. The van der Waals surface area contributed by atoms with Crippen molar-refractivity contribution >= 4 is 11.4 Å². The van der Waals surface area contributed by atoms with Crippen molar-refractivity contribution in [1.29, 1.82) is 0 Å². The van der Waals surface area contributed by atoms with Crippen LogP contribution in [0.15, 0.2) is 30.4 Å². The fourth-order valence-electron chi connectivity index (χ4n) is 1.47. The van der Waals surface area contributed by atoms with E-state index >= 15 is 0 Å². The Kier molecular flexibility index (Phi) is 5.40. The average molecular weight is 234 g/mol. The largest absolute Gasteiger partial charge is 0.489 e. The zero-order chi connectivity index (χ0) is 12.7. The summed E-state index contributed by atoms with van der Waals surface area (Å²) in [5.41, 5.74) is 7.57. The smallest absolute Gasteiger partial charge is 0.144 e. The summed E-state index contributed by atoms with van der Waals surface area (Å²) < 4.78 is 5.63. The van der Waals surface area contributed by atoms with Gasteiger partial charge in [-0.15, -0.1) is 0 Å². The summed E-state index contributed by atoms with van der Waals surface area (Å²) in [6.07, 6.45) is 5.34. The highest BCUT2D eigenvalue weighted by Crippen LogP contribution is 2.26. The highest BCUT2D eigenvalue weighted by Gasteiger charge is 2.03. The molecule has 0 spiro atoms. The van der Waals surface area contributed by atoms with Crippen LogP contribution in [0, 0.1) is 0 Å². The predicted molar refractivity (Wildman–Crippen MR) is 74.5 cm³/mol. The molecular formula is C14H22N2O. The van der Waals surface area contributed by atoms with Gasteiger partial charge in [0.05, 0.1) is 11.8 Å². The highest BCUT2D eigenvalue weighted by atomic mass is 16.5. The lowest BCUT2D eigenvalue weighted by molar-refractivity contribution is 0.244. The van der Waals surface area contributed by atoms with Crippen molar-refractivity contribution in [3.8, 4) is 5.75 Å². The summed E-state index contributed by atoms with van der Waals surface area (Å²) in [6, 6.07) is 5.79. The molecule has 0 saturated carbocycles. The fraction of sp³-hybridized carbons (Fsp3) is 0.429. The molecule has 0 unspecified atom stereocenters. The number of hydrogen-bond donors (Lipinski definition) is 2. The minimum absolute atomic E-state index is 0.135. The Morgan fingerprint density at radius 3 is 2.82 bits per heavy atom. The third-order valence-corrected chi connectivity index (χ3v) is 2.25. The van der Waals surface area contributed by atoms with Crippen molar-refractivity contribution in [1.82, 2.24) is 0 Å². The van der Waals surface area contributed by atoms with Crippen LogP contribution in [0.1, 0.15) is 27.2 Å². The number of nitrogen functional groups attached to an aromatic ring is 1. The lowest BCUT2D eigenvalue weighted by Crippen LogP contribution is -2.08. The van der Waals surface area contributed by atoms with Gasteiger partial charge in [0.15, 0.2) is 0 Å². The molecule has 0 fully saturated rings. The van der Waals surface area contributed by atoms with Crippen LogP contribution in [0.2, 0.25) is 0 Å². The first-order valence-corrected chi connectivity index (χ1v) is 6.04. The molecule has 0 aromatic heterocycles. The number of allylic oxidation sites excluding steroid dienone is 1. The fourth-order valence-corrected chi connectivity index (χ4v) is 1.47. The number of anilines is 2. The van der Waals surface area contributed by atoms with Gasteiger partial charge in [-0.1, -0.05) is 12.2 Å². The van der Waals surface area contributed by atoms with Crippen LogP contribution in [-0.2, 0) is 0 Å². The summed E-state index contributed by atoms with van der Waals surface area (Å²) >= 11 is 0.